The summed E-state index contributed by atoms with van der Waals surface area (Å²) < 4.78 is 0. The highest BCUT2D eigenvalue weighted by Crippen LogP contribution is 2.32. The van der Waals surface area contributed by atoms with Gasteiger partial charge in [0.2, 0.25) is 11.8 Å². The van der Waals surface area contributed by atoms with Crippen LogP contribution >= 0.6 is 0 Å². The quantitative estimate of drug-likeness (QED) is 0.811. The number of likely N-dealkylation sites (tertiary alicyclic amines) is 1. The fourth-order valence-electron chi connectivity index (χ4n) is 3.57. The lowest BCUT2D eigenvalue weighted by Gasteiger charge is -2.32. The van der Waals surface area contributed by atoms with Gasteiger partial charge in [-0.25, -0.2) is 4.98 Å². The lowest BCUT2D eigenvalue weighted by molar-refractivity contribution is -0.136. The van der Waals surface area contributed by atoms with E-state index < -0.39 is 0 Å². The molecule has 6 nitrogen and oxygen atoms in total. The molecule has 6 heteroatoms. The Labute approximate surface area is 156 Å². The minimum Gasteiger partial charge on any atom is -0.357 e. The molecule has 1 N–H and O–H groups in total. The summed E-state index contributed by atoms with van der Waals surface area (Å²) in [5.41, 5.74) is 0.996. The normalized spacial score (nSPS) is 19.9. The molecule has 142 valence electrons. The number of amides is 2. The summed E-state index contributed by atoms with van der Waals surface area (Å²) in [6, 6.07) is 4.02. The van der Waals surface area contributed by atoms with E-state index in [1.807, 2.05) is 23.2 Å². The van der Waals surface area contributed by atoms with Gasteiger partial charge in [-0.15, -0.1) is 0 Å². The zero-order valence-electron chi connectivity index (χ0n) is 15.9. The Balaban J connectivity index is 1.49. The molecule has 1 aromatic heterocycles. The van der Waals surface area contributed by atoms with Gasteiger partial charge in [-0.05, 0) is 51.2 Å². The summed E-state index contributed by atoms with van der Waals surface area (Å²) in [7, 11) is 0. The van der Waals surface area contributed by atoms with Crippen LogP contribution in [0.3, 0.4) is 0 Å². The summed E-state index contributed by atoms with van der Waals surface area (Å²) in [4.78, 5) is 33.3. The maximum absolute atomic E-state index is 12.5. The van der Waals surface area contributed by atoms with Gasteiger partial charge in [0, 0.05) is 44.8 Å². The molecule has 2 aliphatic rings. The Kier molecular flexibility index (Phi) is 6.12. The highest BCUT2D eigenvalue weighted by Gasteiger charge is 2.36. The summed E-state index contributed by atoms with van der Waals surface area (Å²) in [6.45, 7) is 7.93. The van der Waals surface area contributed by atoms with Crippen LogP contribution in [-0.4, -0.2) is 47.9 Å². The number of rotatable bonds is 7. The van der Waals surface area contributed by atoms with E-state index in [1.54, 1.807) is 0 Å². The van der Waals surface area contributed by atoms with E-state index in [9.17, 15) is 9.59 Å². The number of anilines is 1. The number of carbonyl (C=O) groups excluding carboxylic acids is 2. The first-order valence-corrected chi connectivity index (χ1v) is 9.88. The van der Waals surface area contributed by atoms with Gasteiger partial charge < -0.3 is 15.1 Å². The molecule has 2 heterocycles. The van der Waals surface area contributed by atoms with Crippen LogP contribution in [0.25, 0.3) is 0 Å². The minimum absolute atomic E-state index is 0.0473. The summed E-state index contributed by atoms with van der Waals surface area (Å²) in [5.74, 6) is 1.40. The predicted molar refractivity (Wildman–Crippen MR) is 102 cm³/mol. The molecule has 0 aromatic carbocycles. The molecule has 0 radical (unpaired) electrons. The molecule has 1 saturated carbocycles. The van der Waals surface area contributed by atoms with Crippen LogP contribution in [0.4, 0.5) is 5.82 Å². The highest BCUT2D eigenvalue weighted by molar-refractivity contribution is 5.83. The molecule has 0 spiro atoms. The van der Waals surface area contributed by atoms with Gasteiger partial charge in [-0.2, -0.15) is 0 Å². The molecule has 1 aromatic rings. The second-order valence-electron chi connectivity index (χ2n) is 7.31. The van der Waals surface area contributed by atoms with Crippen molar-refractivity contribution in [3.63, 3.8) is 0 Å². The molecule has 3 rings (SSSR count). The topological polar surface area (TPSA) is 65.5 Å². The molecular formula is C20H30N4O2. The van der Waals surface area contributed by atoms with E-state index in [0.29, 0.717) is 13.1 Å². The number of carbonyl (C=O) groups is 2. The molecule has 1 aliphatic carbocycles. The minimum atomic E-state index is -0.0886. The first-order chi connectivity index (χ1) is 12.6. The van der Waals surface area contributed by atoms with Crippen LogP contribution in [0.5, 0.6) is 0 Å². The SMILES string of the molecule is CCN(CC)c1ccc(CNC(=O)C2CCCN(C(=O)C3CC3)C2)cn1. The molecule has 1 atom stereocenters. The maximum Gasteiger partial charge on any atom is 0.225 e. The van der Waals surface area contributed by atoms with Gasteiger partial charge >= 0.3 is 0 Å². The van der Waals surface area contributed by atoms with Gasteiger partial charge in [0.05, 0.1) is 5.92 Å². The number of hydrogen-bond donors (Lipinski definition) is 1. The highest BCUT2D eigenvalue weighted by atomic mass is 16.2. The maximum atomic E-state index is 12.5. The van der Waals surface area contributed by atoms with Crippen LogP contribution in [0.1, 0.15) is 45.1 Å². The van der Waals surface area contributed by atoms with Crippen LogP contribution in [-0.2, 0) is 16.1 Å². The molecule has 0 bridgehead atoms. The van der Waals surface area contributed by atoms with E-state index in [4.69, 9.17) is 0 Å². The van der Waals surface area contributed by atoms with Gasteiger partial charge in [-0.1, -0.05) is 6.07 Å². The largest absolute Gasteiger partial charge is 0.357 e. The number of piperidine rings is 1. The van der Waals surface area contributed by atoms with Gasteiger partial charge in [0.25, 0.3) is 0 Å². The Morgan fingerprint density at radius 2 is 1.96 bits per heavy atom. The van der Waals surface area contributed by atoms with Crippen molar-refractivity contribution in [3.8, 4) is 0 Å². The average Bonchev–Trinajstić information content (AvgIpc) is 3.53. The summed E-state index contributed by atoms with van der Waals surface area (Å²) in [6.07, 6.45) is 5.64. The molecule has 26 heavy (non-hydrogen) atoms. The number of nitrogens with zero attached hydrogens (tertiary/aromatic N) is 3. The third-order valence-corrected chi connectivity index (χ3v) is 5.39. The summed E-state index contributed by atoms with van der Waals surface area (Å²) in [5, 5.41) is 3.02. The van der Waals surface area contributed by atoms with Crippen LogP contribution < -0.4 is 10.2 Å². The van der Waals surface area contributed by atoms with Crippen molar-refractivity contribution in [1.29, 1.82) is 0 Å². The standard InChI is InChI=1S/C20H30N4O2/c1-3-23(4-2)18-10-7-15(12-21-18)13-22-19(25)17-6-5-11-24(14-17)20(26)16-8-9-16/h7,10,12,16-17H,3-6,8-9,11,13-14H2,1-2H3,(H,22,25). The lowest BCUT2D eigenvalue weighted by Crippen LogP contribution is -2.45. The fourth-order valence-corrected chi connectivity index (χ4v) is 3.57. The van der Waals surface area contributed by atoms with Crippen molar-refractivity contribution >= 4 is 17.6 Å². The Hall–Kier alpha value is -2.11. The average molecular weight is 358 g/mol. The van der Waals surface area contributed by atoms with Gasteiger partial charge in [-0.3, -0.25) is 9.59 Å². The second kappa shape index (κ2) is 8.52. The lowest BCUT2D eigenvalue weighted by atomic mass is 9.96. The van der Waals surface area contributed by atoms with Crippen LogP contribution in [0, 0.1) is 11.8 Å². The van der Waals surface area contributed by atoms with Crippen molar-refractivity contribution in [3.05, 3.63) is 23.9 Å². The van der Waals surface area contributed by atoms with E-state index >= 15 is 0 Å². The second-order valence-corrected chi connectivity index (χ2v) is 7.31. The molecule has 1 saturated heterocycles. The number of hydrogen-bond acceptors (Lipinski definition) is 4. The van der Waals surface area contributed by atoms with Crippen molar-refractivity contribution in [1.82, 2.24) is 15.2 Å². The third kappa shape index (κ3) is 4.54. The first kappa shape index (κ1) is 18.7. The molecular weight excluding hydrogens is 328 g/mol. The Morgan fingerprint density at radius 1 is 1.19 bits per heavy atom. The van der Waals surface area contributed by atoms with Crippen molar-refractivity contribution < 1.29 is 9.59 Å². The van der Waals surface area contributed by atoms with Crippen LogP contribution in [0.15, 0.2) is 18.3 Å². The van der Waals surface area contributed by atoms with Crippen molar-refractivity contribution in [2.75, 3.05) is 31.1 Å². The van der Waals surface area contributed by atoms with Gasteiger partial charge in [0.15, 0.2) is 0 Å². The van der Waals surface area contributed by atoms with E-state index in [1.165, 1.54) is 0 Å². The zero-order chi connectivity index (χ0) is 18.5. The first-order valence-electron chi connectivity index (χ1n) is 9.88. The number of nitrogens with one attached hydrogen (secondary N) is 1. The third-order valence-electron chi connectivity index (χ3n) is 5.39. The van der Waals surface area contributed by atoms with E-state index in [-0.39, 0.29) is 23.7 Å². The van der Waals surface area contributed by atoms with Gasteiger partial charge in [0.1, 0.15) is 5.82 Å². The monoisotopic (exact) mass is 358 g/mol. The molecule has 2 amide bonds. The van der Waals surface area contributed by atoms with E-state index in [2.05, 4.69) is 29.0 Å². The molecule has 2 fully saturated rings. The smallest absolute Gasteiger partial charge is 0.225 e. The fraction of sp³-hybridized carbons (Fsp3) is 0.650. The zero-order valence-corrected chi connectivity index (χ0v) is 15.9. The predicted octanol–water partition coefficient (Wildman–Crippen LogP) is 2.19. The van der Waals surface area contributed by atoms with Crippen LogP contribution in [0.2, 0.25) is 0 Å². The Bertz CT molecular complexity index is 623. The number of pyridine rings is 1. The Morgan fingerprint density at radius 3 is 2.58 bits per heavy atom. The molecule has 1 aliphatic heterocycles. The summed E-state index contributed by atoms with van der Waals surface area (Å²) >= 11 is 0. The van der Waals surface area contributed by atoms with Crippen molar-refractivity contribution in [2.24, 2.45) is 11.8 Å². The molecule has 1 unspecified atom stereocenters. The number of aromatic nitrogens is 1. The van der Waals surface area contributed by atoms with Crippen molar-refractivity contribution in [2.45, 2.75) is 46.1 Å². The van der Waals surface area contributed by atoms with E-state index in [0.717, 1.165) is 56.7 Å².